The number of nitro benzene ring substituents is 2. The molecule has 2 rings (SSSR count). The van der Waals surface area contributed by atoms with Crippen molar-refractivity contribution < 1.29 is 9.85 Å². The van der Waals surface area contributed by atoms with Crippen molar-refractivity contribution in [3.8, 4) is 11.1 Å². The van der Waals surface area contributed by atoms with E-state index >= 15 is 0 Å². The molecule has 0 spiro atoms. The Kier molecular flexibility index (Phi) is 4.49. The van der Waals surface area contributed by atoms with Gasteiger partial charge < -0.3 is 0 Å². The van der Waals surface area contributed by atoms with Crippen molar-refractivity contribution in [2.24, 2.45) is 0 Å². The fourth-order valence-corrected chi connectivity index (χ4v) is 3.99. The summed E-state index contributed by atoms with van der Waals surface area (Å²) in [6.45, 7) is 0. The number of hydrogen-bond donors (Lipinski definition) is 0. The maximum absolute atomic E-state index is 10.8. The van der Waals surface area contributed by atoms with Crippen molar-refractivity contribution in [3.05, 3.63) is 62.7 Å². The van der Waals surface area contributed by atoms with Gasteiger partial charge in [0, 0.05) is 0 Å². The molecule has 0 atom stereocenters. The molecule has 8 heteroatoms. The van der Waals surface area contributed by atoms with Gasteiger partial charge in [-0.3, -0.25) is 0 Å². The molecule has 0 amide bonds. The van der Waals surface area contributed by atoms with Crippen LogP contribution in [0, 0.1) is 20.2 Å². The van der Waals surface area contributed by atoms with Crippen LogP contribution in [0.15, 0.2) is 42.5 Å². The molecule has 0 bridgehead atoms. The van der Waals surface area contributed by atoms with Crippen molar-refractivity contribution in [3.63, 3.8) is 0 Å². The van der Waals surface area contributed by atoms with Crippen LogP contribution in [0.5, 0.6) is 0 Å². The molecular formula is C12H7BrN2O4Se. The van der Waals surface area contributed by atoms with E-state index in [1.54, 1.807) is 18.2 Å². The van der Waals surface area contributed by atoms with Crippen LogP contribution in [0.2, 0.25) is 0 Å². The third kappa shape index (κ3) is 3.04. The first kappa shape index (κ1) is 14.6. The molecule has 0 fully saturated rings. The van der Waals surface area contributed by atoms with E-state index in [0.29, 0.717) is 0 Å². The predicted octanol–water partition coefficient (Wildman–Crippen LogP) is 2.81. The van der Waals surface area contributed by atoms with E-state index in [4.69, 9.17) is 0 Å². The van der Waals surface area contributed by atoms with Gasteiger partial charge in [0.2, 0.25) is 0 Å². The van der Waals surface area contributed by atoms with Gasteiger partial charge in [-0.1, -0.05) is 0 Å². The monoisotopic (exact) mass is 402 g/mol. The second kappa shape index (κ2) is 6.13. The Labute approximate surface area is 127 Å². The van der Waals surface area contributed by atoms with Gasteiger partial charge in [0.1, 0.15) is 0 Å². The van der Waals surface area contributed by atoms with Crippen molar-refractivity contribution in [2.75, 3.05) is 0 Å². The Morgan fingerprint density at radius 1 is 0.900 bits per heavy atom. The molecule has 0 saturated carbocycles. The van der Waals surface area contributed by atoms with Crippen LogP contribution in [0.1, 0.15) is 0 Å². The van der Waals surface area contributed by atoms with Crippen molar-refractivity contribution in [1.29, 1.82) is 0 Å². The molecule has 0 saturated heterocycles. The summed E-state index contributed by atoms with van der Waals surface area (Å²) in [4.78, 5) is 20.5. The third-order valence-electron chi connectivity index (χ3n) is 2.65. The van der Waals surface area contributed by atoms with Crippen LogP contribution < -0.4 is 4.46 Å². The van der Waals surface area contributed by atoms with E-state index in [9.17, 15) is 20.2 Å². The van der Waals surface area contributed by atoms with Crippen LogP contribution in [-0.4, -0.2) is 23.0 Å². The number of hydrogen-bond acceptors (Lipinski definition) is 4. The summed E-state index contributed by atoms with van der Waals surface area (Å²) in [7, 11) is 0. The average Bonchev–Trinajstić information content (AvgIpc) is 2.46. The molecule has 0 aliphatic rings. The minimum absolute atomic E-state index is 0.0153. The fraction of sp³-hybridized carbons (Fsp3) is 0. The van der Waals surface area contributed by atoms with Gasteiger partial charge in [0.25, 0.3) is 0 Å². The van der Waals surface area contributed by atoms with Gasteiger partial charge in [-0.15, -0.1) is 0 Å². The zero-order valence-corrected chi connectivity index (χ0v) is 13.2. The number of non-ortho nitro benzene ring substituents is 2. The van der Waals surface area contributed by atoms with Gasteiger partial charge in [0.15, 0.2) is 0 Å². The SMILES string of the molecule is O=[N+]([O-])c1ccc(-c2ccc([N+](=O)[O-])cc2[Se]Br)cc1. The van der Waals surface area contributed by atoms with Gasteiger partial charge in [-0.2, -0.15) is 0 Å². The van der Waals surface area contributed by atoms with E-state index in [1.807, 2.05) is 0 Å². The number of nitrogens with zero attached hydrogens (tertiary/aromatic N) is 2. The topological polar surface area (TPSA) is 86.3 Å². The first-order valence-corrected chi connectivity index (χ1v) is 10.2. The average molecular weight is 402 g/mol. The molecule has 0 aliphatic heterocycles. The van der Waals surface area contributed by atoms with E-state index in [1.165, 1.54) is 24.3 Å². The van der Waals surface area contributed by atoms with Crippen molar-refractivity contribution in [1.82, 2.24) is 0 Å². The second-order valence-corrected chi connectivity index (χ2v) is 6.75. The van der Waals surface area contributed by atoms with Gasteiger partial charge in [0.05, 0.1) is 0 Å². The molecule has 20 heavy (non-hydrogen) atoms. The Morgan fingerprint density at radius 3 is 1.95 bits per heavy atom. The zero-order valence-electron chi connectivity index (χ0n) is 9.86. The number of benzene rings is 2. The van der Waals surface area contributed by atoms with Crippen molar-refractivity contribution in [2.45, 2.75) is 0 Å². The predicted molar refractivity (Wildman–Crippen MR) is 79.5 cm³/mol. The molecule has 102 valence electrons. The summed E-state index contributed by atoms with van der Waals surface area (Å²) in [5, 5.41) is 21.4. The molecule has 0 aliphatic carbocycles. The molecule has 0 aromatic heterocycles. The first-order chi connectivity index (χ1) is 9.52. The van der Waals surface area contributed by atoms with E-state index in [-0.39, 0.29) is 24.5 Å². The van der Waals surface area contributed by atoms with Crippen LogP contribution in [0.25, 0.3) is 11.1 Å². The minimum atomic E-state index is -0.463. The summed E-state index contributed by atoms with van der Waals surface area (Å²) in [6, 6.07) is 10.7. The molecule has 2 aromatic carbocycles. The number of rotatable bonds is 4. The van der Waals surface area contributed by atoms with E-state index in [0.717, 1.165) is 15.6 Å². The normalized spacial score (nSPS) is 10.2. The van der Waals surface area contributed by atoms with E-state index in [2.05, 4.69) is 14.1 Å². The van der Waals surface area contributed by atoms with Crippen molar-refractivity contribution >= 4 is 43.1 Å². The standard InChI is InChI=1S/C12H7BrN2O4Se/c13-20-12-7-10(15(18)19)5-6-11(12)8-1-3-9(4-2-8)14(16)17/h1-7H. The summed E-state index contributed by atoms with van der Waals surface area (Å²) in [5.41, 5.74) is 1.68. The zero-order chi connectivity index (χ0) is 14.7. The Balaban J connectivity index is 2.46. The van der Waals surface area contributed by atoms with E-state index < -0.39 is 9.85 Å². The summed E-state index contributed by atoms with van der Waals surface area (Å²) in [5.74, 6) is 0. The van der Waals surface area contributed by atoms with Crippen LogP contribution in [-0.2, 0) is 0 Å². The van der Waals surface area contributed by atoms with Gasteiger partial charge in [-0.05, 0) is 0 Å². The molecule has 0 heterocycles. The van der Waals surface area contributed by atoms with Gasteiger partial charge >= 0.3 is 127 Å². The Morgan fingerprint density at radius 2 is 1.45 bits per heavy atom. The molecule has 6 nitrogen and oxygen atoms in total. The molecule has 0 radical (unpaired) electrons. The quantitative estimate of drug-likeness (QED) is 0.447. The Hall–Kier alpha value is -1.76. The first-order valence-electron chi connectivity index (χ1n) is 5.35. The third-order valence-corrected chi connectivity index (χ3v) is 5.52. The van der Waals surface area contributed by atoms with Crippen LogP contribution >= 0.6 is 14.1 Å². The molecule has 0 N–H and O–H groups in total. The molecule has 2 aromatic rings. The Bertz CT molecular complexity index is 676. The number of halogens is 1. The fourth-order valence-electron chi connectivity index (χ4n) is 1.69. The maximum atomic E-state index is 10.8. The molecular weight excluding hydrogens is 395 g/mol. The van der Waals surface area contributed by atoms with Gasteiger partial charge in [-0.25, -0.2) is 0 Å². The molecule has 0 unspecified atom stereocenters. The summed E-state index contributed by atoms with van der Waals surface area (Å²) >= 11 is 3.26. The number of nitro groups is 2. The summed E-state index contributed by atoms with van der Waals surface area (Å²) < 4.78 is 0.820. The summed E-state index contributed by atoms with van der Waals surface area (Å²) in [6.07, 6.45) is 0. The van der Waals surface area contributed by atoms with Crippen LogP contribution in [0.4, 0.5) is 11.4 Å². The van der Waals surface area contributed by atoms with Crippen LogP contribution in [0.3, 0.4) is 0 Å². The second-order valence-electron chi connectivity index (χ2n) is 3.82.